The van der Waals surface area contributed by atoms with Crippen LogP contribution in [0.25, 0.3) is 11.3 Å². The Balaban J connectivity index is 2.63. The number of hydrogen-bond acceptors (Lipinski definition) is 5. The first-order valence-corrected chi connectivity index (χ1v) is 5.39. The van der Waals surface area contributed by atoms with Gasteiger partial charge in [-0.1, -0.05) is 10.6 Å². The predicted molar refractivity (Wildman–Crippen MR) is 59.7 cm³/mol. The van der Waals surface area contributed by atoms with Crippen LogP contribution in [0.2, 0.25) is 0 Å². The number of halogens is 1. The molecule has 0 unspecified atom stereocenters. The quantitative estimate of drug-likeness (QED) is 0.887. The lowest BCUT2D eigenvalue weighted by Crippen LogP contribution is -1.98. The van der Waals surface area contributed by atoms with Gasteiger partial charge < -0.3 is 10.5 Å². The van der Waals surface area contributed by atoms with Gasteiger partial charge in [-0.05, 0) is 23.7 Å². The third kappa shape index (κ3) is 1.77. The Hall–Kier alpha value is -1.53. The van der Waals surface area contributed by atoms with Gasteiger partial charge in [0.25, 0.3) is 0 Å². The number of methoxy groups -OCH3 is 1. The minimum atomic E-state index is -0.387. The zero-order valence-corrected chi connectivity index (χ0v) is 9.42. The van der Waals surface area contributed by atoms with Crippen molar-refractivity contribution in [3.63, 3.8) is 0 Å². The highest BCUT2D eigenvalue weighted by atomic mass is 32.1. The molecule has 0 aliphatic heterocycles. The van der Waals surface area contributed by atoms with Crippen LogP contribution in [0, 0.1) is 5.82 Å². The van der Waals surface area contributed by atoms with Gasteiger partial charge in [0.2, 0.25) is 0 Å². The molecular weight excluding hydrogens is 229 g/mol. The van der Waals surface area contributed by atoms with E-state index in [1.165, 1.54) is 13.2 Å². The number of ether oxygens (including phenoxy) is 1. The molecule has 4 nitrogen and oxygen atoms in total. The van der Waals surface area contributed by atoms with Crippen LogP contribution in [0.1, 0.15) is 4.88 Å². The maximum Gasteiger partial charge on any atom is 0.136 e. The Labute approximate surface area is 96.0 Å². The molecule has 2 rings (SSSR count). The molecule has 1 heterocycles. The largest absolute Gasteiger partial charge is 0.496 e. The Morgan fingerprint density at radius 1 is 1.50 bits per heavy atom. The highest BCUT2D eigenvalue weighted by molar-refractivity contribution is 7.05. The molecule has 0 bridgehead atoms. The normalized spacial score (nSPS) is 10.4. The van der Waals surface area contributed by atoms with Crippen molar-refractivity contribution in [1.29, 1.82) is 0 Å². The molecule has 0 spiro atoms. The summed E-state index contributed by atoms with van der Waals surface area (Å²) in [4.78, 5) is 0.739. The van der Waals surface area contributed by atoms with Gasteiger partial charge in [0.1, 0.15) is 17.3 Å². The van der Waals surface area contributed by atoms with E-state index in [-0.39, 0.29) is 12.4 Å². The monoisotopic (exact) mass is 239 g/mol. The van der Waals surface area contributed by atoms with Gasteiger partial charge in [0, 0.05) is 6.54 Å². The summed E-state index contributed by atoms with van der Waals surface area (Å²) < 4.78 is 22.6. The number of hydrogen-bond donors (Lipinski definition) is 1. The molecule has 0 aliphatic carbocycles. The molecule has 0 saturated heterocycles. The number of nitrogens with two attached hydrogens (primary N) is 1. The van der Waals surface area contributed by atoms with Crippen LogP contribution < -0.4 is 10.5 Å². The Kier molecular flexibility index (Phi) is 3.12. The predicted octanol–water partition coefficient (Wildman–Crippen LogP) is 1.81. The molecule has 0 radical (unpaired) electrons. The summed E-state index contributed by atoms with van der Waals surface area (Å²) >= 11 is 1.16. The van der Waals surface area contributed by atoms with Crippen LogP contribution in [0.5, 0.6) is 5.75 Å². The van der Waals surface area contributed by atoms with Crippen molar-refractivity contribution < 1.29 is 9.13 Å². The Bertz CT molecular complexity index is 501. The molecular formula is C10H10FN3OS. The molecule has 0 saturated carbocycles. The Morgan fingerprint density at radius 3 is 3.00 bits per heavy atom. The lowest BCUT2D eigenvalue weighted by Gasteiger charge is -2.07. The maximum atomic E-state index is 13.7. The first-order valence-electron chi connectivity index (χ1n) is 4.62. The van der Waals surface area contributed by atoms with Crippen molar-refractivity contribution in [2.24, 2.45) is 5.73 Å². The molecule has 2 N–H and O–H groups in total. The van der Waals surface area contributed by atoms with Gasteiger partial charge in [0.15, 0.2) is 0 Å². The van der Waals surface area contributed by atoms with Gasteiger partial charge in [-0.3, -0.25) is 0 Å². The summed E-state index contributed by atoms with van der Waals surface area (Å²) in [5.74, 6) is 0.0455. The van der Waals surface area contributed by atoms with Crippen LogP contribution in [-0.2, 0) is 6.54 Å². The van der Waals surface area contributed by atoms with Gasteiger partial charge >= 0.3 is 0 Å². The van der Waals surface area contributed by atoms with E-state index >= 15 is 0 Å². The van der Waals surface area contributed by atoms with Gasteiger partial charge in [-0.15, -0.1) is 5.10 Å². The molecule has 84 valence electrons. The molecule has 0 fully saturated rings. The third-order valence-electron chi connectivity index (χ3n) is 2.17. The standard InChI is InChI=1S/C10H10FN3OS/c1-15-7-4-2-3-6(11)9(7)10-8(5-12)16-14-13-10/h2-4H,5,12H2,1H3. The summed E-state index contributed by atoms with van der Waals surface area (Å²) in [5.41, 5.74) is 6.32. The zero-order chi connectivity index (χ0) is 11.5. The van der Waals surface area contributed by atoms with E-state index in [1.54, 1.807) is 12.1 Å². The van der Waals surface area contributed by atoms with Gasteiger partial charge in [-0.2, -0.15) is 0 Å². The second-order valence-electron chi connectivity index (χ2n) is 3.07. The topological polar surface area (TPSA) is 61.0 Å². The second kappa shape index (κ2) is 4.54. The van der Waals surface area contributed by atoms with Crippen molar-refractivity contribution in [2.75, 3.05) is 7.11 Å². The minimum Gasteiger partial charge on any atom is -0.496 e. The van der Waals surface area contributed by atoms with Crippen molar-refractivity contribution >= 4 is 11.5 Å². The molecule has 0 aliphatic rings. The van der Waals surface area contributed by atoms with Crippen LogP contribution in [0.15, 0.2) is 18.2 Å². The molecule has 16 heavy (non-hydrogen) atoms. The smallest absolute Gasteiger partial charge is 0.136 e. The van der Waals surface area contributed by atoms with E-state index in [0.29, 0.717) is 17.0 Å². The van der Waals surface area contributed by atoms with Crippen molar-refractivity contribution in [3.8, 4) is 17.0 Å². The summed E-state index contributed by atoms with van der Waals surface area (Å²) in [5, 5.41) is 3.90. The fourth-order valence-corrected chi connectivity index (χ4v) is 1.96. The zero-order valence-electron chi connectivity index (χ0n) is 8.61. The summed E-state index contributed by atoms with van der Waals surface area (Å²) in [6, 6.07) is 4.62. The molecule has 2 aromatic rings. The lowest BCUT2D eigenvalue weighted by molar-refractivity contribution is 0.413. The van der Waals surface area contributed by atoms with E-state index < -0.39 is 0 Å². The fraction of sp³-hybridized carbons (Fsp3) is 0.200. The molecule has 0 atom stereocenters. The first kappa shape index (κ1) is 11.0. The lowest BCUT2D eigenvalue weighted by atomic mass is 10.1. The van der Waals surface area contributed by atoms with Crippen molar-refractivity contribution in [3.05, 3.63) is 28.9 Å². The van der Waals surface area contributed by atoms with E-state index in [2.05, 4.69) is 9.59 Å². The summed E-state index contributed by atoms with van der Waals surface area (Å²) in [6.45, 7) is 0.282. The van der Waals surface area contributed by atoms with Crippen LogP contribution >= 0.6 is 11.5 Å². The fourth-order valence-electron chi connectivity index (χ4n) is 1.44. The molecule has 0 amide bonds. The van der Waals surface area contributed by atoms with E-state index in [1.807, 2.05) is 0 Å². The summed E-state index contributed by atoms with van der Waals surface area (Å²) in [6.07, 6.45) is 0. The molecule has 1 aromatic carbocycles. The Morgan fingerprint density at radius 2 is 2.31 bits per heavy atom. The SMILES string of the molecule is COc1cccc(F)c1-c1nnsc1CN. The van der Waals surface area contributed by atoms with Crippen LogP contribution in [0.3, 0.4) is 0 Å². The highest BCUT2D eigenvalue weighted by Gasteiger charge is 2.17. The van der Waals surface area contributed by atoms with Crippen LogP contribution in [0.4, 0.5) is 4.39 Å². The number of aromatic nitrogens is 2. The second-order valence-corrected chi connectivity index (χ2v) is 3.90. The van der Waals surface area contributed by atoms with Gasteiger partial charge in [0.05, 0.1) is 17.6 Å². The number of nitrogens with zero attached hydrogens (tertiary/aromatic N) is 2. The first-order chi connectivity index (χ1) is 7.77. The highest BCUT2D eigenvalue weighted by Crippen LogP contribution is 2.34. The van der Waals surface area contributed by atoms with Crippen molar-refractivity contribution in [1.82, 2.24) is 9.59 Å². The average molecular weight is 239 g/mol. The average Bonchev–Trinajstić information content (AvgIpc) is 2.76. The van der Waals surface area contributed by atoms with E-state index in [0.717, 1.165) is 16.4 Å². The van der Waals surface area contributed by atoms with Crippen LogP contribution in [-0.4, -0.2) is 16.7 Å². The maximum absolute atomic E-state index is 13.7. The third-order valence-corrected chi connectivity index (χ3v) is 2.92. The molecule has 1 aromatic heterocycles. The number of rotatable bonds is 3. The van der Waals surface area contributed by atoms with Gasteiger partial charge in [-0.25, -0.2) is 4.39 Å². The van der Waals surface area contributed by atoms with Crippen molar-refractivity contribution in [2.45, 2.75) is 6.54 Å². The summed E-state index contributed by atoms with van der Waals surface area (Å²) in [7, 11) is 1.49. The molecule has 6 heteroatoms. The van der Waals surface area contributed by atoms with E-state index in [9.17, 15) is 4.39 Å². The van der Waals surface area contributed by atoms with E-state index in [4.69, 9.17) is 10.5 Å². The minimum absolute atomic E-state index is 0.282. The number of benzene rings is 1.